The van der Waals surface area contributed by atoms with Crippen LogP contribution in [0.4, 0.5) is 0 Å². The Kier molecular flexibility index (Phi) is 7.02. The van der Waals surface area contributed by atoms with Gasteiger partial charge in [0.15, 0.2) is 0 Å². The highest BCUT2D eigenvalue weighted by Gasteiger charge is 2.25. The van der Waals surface area contributed by atoms with Gasteiger partial charge in [0.1, 0.15) is 6.04 Å². The van der Waals surface area contributed by atoms with Crippen molar-refractivity contribution in [2.24, 2.45) is 0 Å². The molecule has 0 aromatic heterocycles. The van der Waals surface area contributed by atoms with E-state index in [1.807, 2.05) is 36.4 Å². The van der Waals surface area contributed by atoms with Crippen molar-refractivity contribution in [1.29, 1.82) is 0 Å². The molecular formula is C19H20BrClN2O2. The van der Waals surface area contributed by atoms with Gasteiger partial charge in [-0.15, -0.1) is 0 Å². The van der Waals surface area contributed by atoms with Gasteiger partial charge in [-0.2, -0.15) is 0 Å². The van der Waals surface area contributed by atoms with Gasteiger partial charge in [-0.05, 0) is 42.3 Å². The Morgan fingerprint density at radius 3 is 2.48 bits per heavy atom. The molecule has 2 aromatic rings. The molecule has 0 aliphatic carbocycles. The summed E-state index contributed by atoms with van der Waals surface area (Å²) in [6, 6.07) is 14.3. The smallest absolute Gasteiger partial charge is 0.242 e. The molecule has 0 aliphatic rings. The molecule has 0 heterocycles. The van der Waals surface area contributed by atoms with Gasteiger partial charge in [0.2, 0.25) is 11.8 Å². The third-order valence-electron chi connectivity index (χ3n) is 3.90. The van der Waals surface area contributed by atoms with Crippen LogP contribution >= 0.6 is 27.5 Å². The third kappa shape index (κ3) is 5.58. The fourth-order valence-electron chi connectivity index (χ4n) is 2.55. The molecule has 0 spiro atoms. The summed E-state index contributed by atoms with van der Waals surface area (Å²) in [5.74, 6) is -0.326. The molecule has 1 N–H and O–H groups in total. The Labute approximate surface area is 161 Å². The van der Waals surface area contributed by atoms with E-state index < -0.39 is 6.04 Å². The number of nitrogens with zero attached hydrogens (tertiary/aromatic N) is 1. The average Bonchev–Trinajstić information content (AvgIpc) is 2.58. The van der Waals surface area contributed by atoms with E-state index in [9.17, 15) is 9.59 Å². The number of halogens is 2. The monoisotopic (exact) mass is 422 g/mol. The second kappa shape index (κ2) is 9.02. The first-order valence-corrected chi connectivity index (χ1v) is 9.07. The van der Waals surface area contributed by atoms with Crippen LogP contribution in [-0.2, 0) is 22.6 Å². The lowest BCUT2D eigenvalue weighted by atomic mass is 10.1. The maximum Gasteiger partial charge on any atom is 0.242 e. The predicted molar refractivity (Wildman–Crippen MR) is 103 cm³/mol. The normalized spacial score (nSPS) is 11.7. The van der Waals surface area contributed by atoms with Gasteiger partial charge < -0.3 is 10.2 Å². The number of nitrogens with one attached hydrogen (secondary N) is 1. The van der Waals surface area contributed by atoms with E-state index in [2.05, 4.69) is 21.2 Å². The molecule has 6 heteroatoms. The Balaban J connectivity index is 2.23. The van der Waals surface area contributed by atoms with Gasteiger partial charge in [0.25, 0.3) is 0 Å². The van der Waals surface area contributed by atoms with E-state index >= 15 is 0 Å². The fourth-order valence-corrected chi connectivity index (χ4v) is 3.21. The number of hydrogen-bond acceptors (Lipinski definition) is 2. The fraction of sp³-hybridized carbons (Fsp3) is 0.263. The number of amides is 2. The van der Waals surface area contributed by atoms with Crippen LogP contribution < -0.4 is 5.32 Å². The van der Waals surface area contributed by atoms with Gasteiger partial charge in [-0.25, -0.2) is 0 Å². The molecule has 4 nitrogen and oxygen atoms in total. The molecule has 0 aliphatic heterocycles. The Morgan fingerprint density at radius 1 is 1.16 bits per heavy atom. The van der Waals surface area contributed by atoms with Gasteiger partial charge in [0.05, 0.1) is 6.42 Å². The van der Waals surface area contributed by atoms with Gasteiger partial charge >= 0.3 is 0 Å². The summed E-state index contributed by atoms with van der Waals surface area (Å²) in [7, 11) is 1.57. The first-order valence-electron chi connectivity index (χ1n) is 7.90. The Bertz CT molecular complexity index is 767. The first kappa shape index (κ1) is 19.5. The maximum atomic E-state index is 12.9. The topological polar surface area (TPSA) is 49.4 Å². The molecule has 132 valence electrons. The number of carbonyl (C=O) groups is 2. The largest absolute Gasteiger partial charge is 0.357 e. The van der Waals surface area contributed by atoms with E-state index in [1.165, 1.54) is 0 Å². The zero-order valence-corrected chi connectivity index (χ0v) is 16.5. The molecule has 2 aromatic carbocycles. The summed E-state index contributed by atoms with van der Waals surface area (Å²) < 4.78 is 0.930. The summed E-state index contributed by atoms with van der Waals surface area (Å²) in [4.78, 5) is 26.5. The lowest BCUT2D eigenvalue weighted by Crippen LogP contribution is -2.47. The van der Waals surface area contributed by atoms with E-state index in [4.69, 9.17) is 11.6 Å². The van der Waals surface area contributed by atoms with Crippen molar-refractivity contribution in [3.63, 3.8) is 0 Å². The Morgan fingerprint density at radius 2 is 1.84 bits per heavy atom. The SMILES string of the molecule is CNC(=O)C(C)N(Cc1cccc(Br)c1)C(=O)Cc1cccc(Cl)c1. The first-order chi connectivity index (χ1) is 11.9. The Hall–Kier alpha value is -1.85. The van der Waals surface area contributed by atoms with Gasteiger partial charge in [-0.3, -0.25) is 9.59 Å². The van der Waals surface area contributed by atoms with Crippen molar-refractivity contribution in [2.45, 2.75) is 25.9 Å². The molecule has 1 atom stereocenters. The standard InChI is InChI=1S/C19H20BrClN2O2/c1-13(19(25)22-2)23(12-15-6-3-7-16(20)9-15)18(24)11-14-5-4-8-17(21)10-14/h3-10,13H,11-12H2,1-2H3,(H,22,25). The van der Waals surface area contributed by atoms with Gasteiger partial charge in [-0.1, -0.05) is 51.8 Å². The van der Waals surface area contributed by atoms with Crippen molar-refractivity contribution in [3.8, 4) is 0 Å². The minimum Gasteiger partial charge on any atom is -0.357 e. The van der Waals surface area contributed by atoms with Crippen molar-refractivity contribution < 1.29 is 9.59 Å². The second-order valence-electron chi connectivity index (χ2n) is 5.75. The van der Waals surface area contributed by atoms with Crippen LogP contribution in [0.5, 0.6) is 0 Å². The van der Waals surface area contributed by atoms with Crippen molar-refractivity contribution in [2.75, 3.05) is 7.05 Å². The quantitative estimate of drug-likeness (QED) is 0.768. The minimum absolute atomic E-state index is 0.127. The van der Waals surface area contributed by atoms with Crippen LogP contribution in [0.15, 0.2) is 53.0 Å². The van der Waals surface area contributed by atoms with Crippen LogP contribution in [0.1, 0.15) is 18.1 Å². The van der Waals surface area contributed by atoms with E-state index in [-0.39, 0.29) is 18.2 Å². The van der Waals surface area contributed by atoms with Crippen molar-refractivity contribution >= 4 is 39.3 Å². The summed E-state index contributed by atoms with van der Waals surface area (Å²) in [6.07, 6.45) is 0.190. The minimum atomic E-state index is -0.573. The van der Waals surface area contributed by atoms with Crippen LogP contribution in [0.3, 0.4) is 0 Å². The molecule has 0 saturated carbocycles. The summed E-state index contributed by atoms with van der Waals surface area (Å²) in [6.45, 7) is 2.08. The molecule has 0 fully saturated rings. The lowest BCUT2D eigenvalue weighted by molar-refractivity contribution is -0.139. The number of carbonyl (C=O) groups excluding carboxylic acids is 2. The molecule has 2 rings (SSSR count). The van der Waals surface area contributed by atoms with E-state index in [0.29, 0.717) is 11.6 Å². The molecule has 0 radical (unpaired) electrons. The van der Waals surface area contributed by atoms with Crippen molar-refractivity contribution in [1.82, 2.24) is 10.2 Å². The highest BCUT2D eigenvalue weighted by Crippen LogP contribution is 2.17. The highest BCUT2D eigenvalue weighted by atomic mass is 79.9. The number of likely N-dealkylation sites (N-methyl/N-ethyl adjacent to an activating group) is 1. The summed E-state index contributed by atoms with van der Waals surface area (Å²) >= 11 is 9.43. The molecular weight excluding hydrogens is 404 g/mol. The van der Waals surface area contributed by atoms with Crippen LogP contribution in [0.2, 0.25) is 5.02 Å². The average molecular weight is 424 g/mol. The molecule has 2 amide bonds. The maximum absolute atomic E-state index is 12.9. The van der Waals surface area contributed by atoms with Crippen LogP contribution in [-0.4, -0.2) is 29.8 Å². The van der Waals surface area contributed by atoms with Gasteiger partial charge in [0, 0.05) is 23.1 Å². The molecule has 1 unspecified atom stereocenters. The number of rotatable bonds is 6. The third-order valence-corrected chi connectivity index (χ3v) is 4.63. The van der Waals surface area contributed by atoms with Crippen LogP contribution in [0, 0.1) is 0 Å². The second-order valence-corrected chi connectivity index (χ2v) is 7.10. The highest BCUT2D eigenvalue weighted by molar-refractivity contribution is 9.10. The number of benzene rings is 2. The molecule has 0 bridgehead atoms. The van der Waals surface area contributed by atoms with Crippen LogP contribution in [0.25, 0.3) is 0 Å². The summed E-state index contributed by atoms with van der Waals surface area (Å²) in [5.41, 5.74) is 1.77. The molecule has 0 saturated heterocycles. The molecule has 25 heavy (non-hydrogen) atoms. The van der Waals surface area contributed by atoms with E-state index in [1.54, 1.807) is 31.0 Å². The zero-order chi connectivity index (χ0) is 18.4. The summed E-state index contributed by atoms with van der Waals surface area (Å²) in [5, 5.41) is 3.19. The van der Waals surface area contributed by atoms with Crippen molar-refractivity contribution in [3.05, 3.63) is 69.2 Å². The predicted octanol–water partition coefficient (Wildman–Crippen LogP) is 3.81. The zero-order valence-electron chi connectivity index (χ0n) is 14.1. The van der Waals surface area contributed by atoms with E-state index in [0.717, 1.165) is 15.6 Å². The lowest BCUT2D eigenvalue weighted by Gasteiger charge is -2.28. The number of hydrogen-bond donors (Lipinski definition) is 1.